The van der Waals surface area contributed by atoms with Crippen LogP contribution in [0.15, 0.2) is 42.6 Å². The number of benzene rings is 1. The van der Waals surface area contributed by atoms with E-state index < -0.39 is 12.8 Å². The third kappa shape index (κ3) is 8.89. The van der Waals surface area contributed by atoms with Crippen molar-refractivity contribution < 1.29 is 27.4 Å². The number of morpholine rings is 1. The number of hydrogen-bond donors (Lipinski definition) is 2. The number of alkyl halides is 3. The molecule has 3 rings (SSSR count). The van der Waals surface area contributed by atoms with Crippen molar-refractivity contribution in [2.45, 2.75) is 51.9 Å². The Kier molecular flexibility index (Phi) is 8.51. The summed E-state index contributed by atoms with van der Waals surface area (Å²) in [5, 5.41) is 5.47. The van der Waals surface area contributed by atoms with Crippen molar-refractivity contribution in [1.29, 1.82) is 0 Å². The normalized spacial score (nSPS) is 19.2. The first-order valence-electron chi connectivity index (χ1n) is 10.8. The van der Waals surface area contributed by atoms with Crippen molar-refractivity contribution in [3.05, 3.63) is 59.3 Å². The summed E-state index contributed by atoms with van der Waals surface area (Å²) in [5.74, 6) is -0.124. The highest BCUT2D eigenvalue weighted by Gasteiger charge is 2.28. The number of nitrogens with one attached hydrogen (secondary N) is 2. The summed E-state index contributed by atoms with van der Waals surface area (Å²) in [6, 6.07) is 10.6. The molecule has 2 heterocycles. The van der Waals surface area contributed by atoms with E-state index in [1.54, 1.807) is 6.07 Å². The minimum absolute atomic E-state index is 0.124. The van der Waals surface area contributed by atoms with Gasteiger partial charge in [0.1, 0.15) is 0 Å². The van der Waals surface area contributed by atoms with Gasteiger partial charge in [-0.05, 0) is 30.5 Å². The Balaban J connectivity index is 1.37. The Labute approximate surface area is 191 Å². The quantitative estimate of drug-likeness (QED) is 0.622. The first-order chi connectivity index (χ1) is 15.7. The average Bonchev–Trinajstić information content (AvgIpc) is 2.75. The molecule has 7 nitrogen and oxygen atoms in total. The van der Waals surface area contributed by atoms with E-state index in [1.807, 2.05) is 12.1 Å². The molecule has 0 saturated carbocycles. The number of nitrogens with zero attached hydrogens (tertiary/aromatic N) is 2. The van der Waals surface area contributed by atoms with Crippen molar-refractivity contribution in [3.63, 3.8) is 0 Å². The fourth-order valence-electron chi connectivity index (χ4n) is 3.62. The summed E-state index contributed by atoms with van der Waals surface area (Å²) in [6.45, 7) is 6.02. The fraction of sp³-hybridized carbons (Fsp3) is 0.478. The molecule has 2 N–H and O–H groups in total. The standard InChI is InChI=1S/C23H29F3N4O3/c1-16-12-30(13-17(2)33-16)14-19-5-3-18(4-6-19)9-28-22(31)29-11-20-7-8-21(27-10-20)32-15-23(24,25)26/h3-8,10,16-17H,9,11-15H2,1-2H3,(H2,28,29,31). The van der Waals surface area contributed by atoms with E-state index >= 15 is 0 Å². The fourth-order valence-corrected chi connectivity index (χ4v) is 3.62. The molecule has 2 atom stereocenters. The lowest BCUT2D eigenvalue weighted by molar-refractivity contribution is -0.154. The van der Waals surface area contributed by atoms with E-state index in [-0.39, 0.29) is 30.7 Å². The summed E-state index contributed by atoms with van der Waals surface area (Å²) >= 11 is 0. The molecular weight excluding hydrogens is 437 g/mol. The lowest BCUT2D eigenvalue weighted by Gasteiger charge is -2.35. The van der Waals surface area contributed by atoms with Gasteiger partial charge in [0.15, 0.2) is 6.61 Å². The molecule has 1 aromatic carbocycles. The highest BCUT2D eigenvalue weighted by Crippen LogP contribution is 2.17. The van der Waals surface area contributed by atoms with Gasteiger partial charge in [-0.2, -0.15) is 13.2 Å². The highest BCUT2D eigenvalue weighted by atomic mass is 19.4. The summed E-state index contributed by atoms with van der Waals surface area (Å²) in [7, 11) is 0. The van der Waals surface area contributed by atoms with E-state index in [0.717, 1.165) is 25.2 Å². The maximum Gasteiger partial charge on any atom is 0.422 e. The molecule has 0 aliphatic carbocycles. The molecule has 10 heteroatoms. The summed E-state index contributed by atoms with van der Waals surface area (Å²) in [4.78, 5) is 18.2. The molecule has 0 spiro atoms. The zero-order valence-electron chi connectivity index (χ0n) is 18.7. The number of carbonyl (C=O) groups excluding carboxylic acids is 1. The second-order valence-electron chi connectivity index (χ2n) is 8.21. The lowest BCUT2D eigenvalue weighted by atomic mass is 10.1. The molecule has 0 bridgehead atoms. The molecule has 180 valence electrons. The van der Waals surface area contributed by atoms with Crippen molar-refractivity contribution in [2.24, 2.45) is 0 Å². The van der Waals surface area contributed by atoms with Crippen LogP contribution in [0, 0.1) is 0 Å². The van der Waals surface area contributed by atoms with Gasteiger partial charge in [-0.25, -0.2) is 9.78 Å². The Morgan fingerprint density at radius 2 is 1.61 bits per heavy atom. The number of rotatable bonds is 8. The number of ether oxygens (including phenoxy) is 2. The predicted molar refractivity (Wildman–Crippen MR) is 117 cm³/mol. The van der Waals surface area contributed by atoms with Gasteiger partial charge in [0.25, 0.3) is 0 Å². The number of hydrogen-bond acceptors (Lipinski definition) is 5. The van der Waals surface area contributed by atoms with Crippen LogP contribution in [0.4, 0.5) is 18.0 Å². The van der Waals surface area contributed by atoms with Gasteiger partial charge < -0.3 is 20.1 Å². The number of aromatic nitrogens is 1. The number of pyridine rings is 1. The lowest BCUT2D eigenvalue weighted by Crippen LogP contribution is -2.44. The minimum atomic E-state index is -4.42. The Bertz CT molecular complexity index is 881. The molecule has 1 aliphatic heterocycles. The molecule has 33 heavy (non-hydrogen) atoms. The van der Waals surface area contributed by atoms with Gasteiger partial charge in [0, 0.05) is 45.0 Å². The smallest absolute Gasteiger partial charge is 0.422 e. The van der Waals surface area contributed by atoms with E-state index in [1.165, 1.54) is 17.8 Å². The van der Waals surface area contributed by atoms with Gasteiger partial charge >= 0.3 is 12.2 Å². The monoisotopic (exact) mass is 466 g/mol. The van der Waals surface area contributed by atoms with Crippen LogP contribution in [0.5, 0.6) is 5.88 Å². The van der Waals surface area contributed by atoms with Crippen molar-refractivity contribution in [1.82, 2.24) is 20.5 Å². The van der Waals surface area contributed by atoms with Crippen molar-refractivity contribution in [3.8, 4) is 5.88 Å². The van der Waals surface area contributed by atoms with Crippen molar-refractivity contribution in [2.75, 3.05) is 19.7 Å². The number of carbonyl (C=O) groups is 1. The van der Waals surface area contributed by atoms with Crippen LogP contribution < -0.4 is 15.4 Å². The van der Waals surface area contributed by atoms with Crippen molar-refractivity contribution >= 4 is 6.03 Å². The third-order valence-corrected chi connectivity index (χ3v) is 5.01. The molecule has 1 saturated heterocycles. The Morgan fingerprint density at radius 1 is 1.03 bits per heavy atom. The molecule has 2 amide bonds. The van der Waals surface area contributed by atoms with Crippen LogP contribution >= 0.6 is 0 Å². The highest BCUT2D eigenvalue weighted by molar-refractivity contribution is 5.73. The molecule has 2 aromatic rings. The summed E-state index contributed by atoms with van der Waals surface area (Å²) < 4.78 is 46.8. The van der Waals surface area contributed by atoms with E-state index in [0.29, 0.717) is 12.1 Å². The largest absolute Gasteiger partial charge is 0.468 e. The van der Waals surface area contributed by atoms with E-state index in [4.69, 9.17) is 4.74 Å². The third-order valence-electron chi connectivity index (χ3n) is 5.01. The number of amides is 2. The van der Waals surface area contributed by atoms with E-state index in [2.05, 4.69) is 51.2 Å². The minimum Gasteiger partial charge on any atom is -0.468 e. The second-order valence-corrected chi connectivity index (χ2v) is 8.21. The Morgan fingerprint density at radius 3 is 2.18 bits per heavy atom. The van der Waals surface area contributed by atoms with Gasteiger partial charge in [-0.1, -0.05) is 30.3 Å². The maximum absolute atomic E-state index is 12.2. The first-order valence-corrected chi connectivity index (χ1v) is 10.8. The van der Waals surface area contributed by atoms with Gasteiger partial charge in [0.05, 0.1) is 12.2 Å². The zero-order chi connectivity index (χ0) is 23.8. The van der Waals surface area contributed by atoms with Crippen LogP contribution in [-0.2, 0) is 24.4 Å². The number of halogens is 3. The van der Waals surface area contributed by atoms with Gasteiger partial charge in [0.2, 0.25) is 5.88 Å². The predicted octanol–water partition coefficient (Wildman–Crippen LogP) is 3.63. The molecular formula is C23H29F3N4O3. The summed E-state index contributed by atoms with van der Waals surface area (Å²) in [6.07, 6.45) is -2.60. The molecule has 0 radical (unpaired) electrons. The average molecular weight is 467 g/mol. The molecule has 1 fully saturated rings. The zero-order valence-corrected chi connectivity index (χ0v) is 18.7. The molecule has 2 unspecified atom stereocenters. The van der Waals surface area contributed by atoms with Crippen LogP contribution in [-0.4, -0.2) is 54.0 Å². The maximum atomic E-state index is 12.2. The van der Waals surface area contributed by atoms with Crippen LogP contribution in [0.2, 0.25) is 0 Å². The first kappa shape index (κ1) is 24.8. The van der Waals surface area contributed by atoms with E-state index in [9.17, 15) is 18.0 Å². The number of urea groups is 1. The van der Waals surface area contributed by atoms with Crippen LogP contribution in [0.1, 0.15) is 30.5 Å². The van der Waals surface area contributed by atoms with Gasteiger partial charge in [-0.15, -0.1) is 0 Å². The topological polar surface area (TPSA) is 75.7 Å². The van der Waals surface area contributed by atoms with Gasteiger partial charge in [-0.3, -0.25) is 4.90 Å². The Hall–Kier alpha value is -2.85. The SMILES string of the molecule is CC1CN(Cc2ccc(CNC(=O)NCc3ccc(OCC(F)(F)F)nc3)cc2)CC(C)O1. The molecule has 1 aromatic heterocycles. The van der Waals surface area contributed by atoms with Crippen LogP contribution in [0.3, 0.4) is 0 Å². The van der Waals surface area contributed by atoms with Crippen LogP contribution in [0.25, 0.3) is 0 Å². The summed E-state index contributed by atoms with van der Waals surface area (Å²) in [5.41, 5.74) is 2.82. The second kappa shape index (κ2) is 11.3. The molecule has 1 aliphatic rings.